The van der Waals surface area contributed by atoms with Crippen molar-refractivity contribution in [2.24, 2.45) is 0 Å². The van der Waals surface area contributed by atoms with E-state index in [9.17, 15) is 4.79 Å². The third-order valence-corrected chi connectivity index (χ3v) is 8.03. The van der Waals surface area contributed by atoms with Crippen LogP contribution >= 0.6 is 0 Å². The summed E-state index contributed by atoms with van der Waals surface area (Å²) in [6, 6.07) is 13.7. The lowest BCUT2D eigenvalue weighted by molar-refractivity contribution is -0.158. The van der Waals surface area contributed by atoms with Gasteiger partial charge in [0, 0.05) is 29.3 Å². The van der Waals surface area contributed by atoms with Crippen molar-refractivity contribution in [3.63, 3.8) is 0 Å². The minimum absolute atomic E-state index is 0.212. The first-order valence-electron chi connectivity index (χ1n) is 13.0. The highest BCUT2D eigenvalue weighted by Gasteiger charge is 2.46. The Morgan fingerprint density at radius 2 is 1.75 bits per heavy atom. The second-order valence-corrected chi connectivity index (χ2v) is 10.2. The summed E-state index contributed by atoms with van der Waals surface area (Å²) in [7, 11) is 3.25. The number of hydrogen-bond donors (Lipinski definition) is 1. The first-order chi connectivity index (χ1) is 17.6. The first kappa shape index (κ1) is 22.9. The van der Waals surface area contributed by atoms with E-state index in [0.717, 1.165) is 65.4 Å². The van der Waals surface area contributed by atoms with Gasteiger partial charge in [0.15, 0.2) is 11.5 Å². The lowest BCUT2D eigenvalue weighted by atomic mass is 9.74. The van der Waals surface area contributed by atoms with Gasteiger partial charge >= 0.3 is 5.97 Å². The Hall–Kier alpha value is -3.54. The third kappa shape index (κ3) is 3.80. The number of nitrogens with one attached hydrogen (secondary N) is 1. The van der Waals surface area contributed by atoms with Crippen molar-refractivity contribution in [2.75, 3.05) is 19.5 Å². The SMILES string of the molecule is COc1ccc([C@@H]2Nc3ccc4ncccc4c3C3=C2C(=O)OC2(CCCCCCC2)C3)cc1OC. The molecule has 1 N–H and O–H groups in total. The monoisotopic (exact) mass is 484 g/mol. The van der Waals surface area contributed by atoms with Gasteiger partial charge in [0.05, 0.1) is 31.4 Å². The summed E-state index contributed by atoms with van der Waals surface area (Å²) in [6.07, 6.45) is 10.2. The second kappa shape index (κ2) is 9.16. The molecule has 1 spiro atoms. The maximum atomic E-state index is 13.9. The Kier molecular flexibility index (Phi) is 5.82. The fourth-order valence-corrected chi connectivity index (χ4v) is 6.28. The summed E-state index contributed by atoms with van der Waals surface area (Å²) in [5.74, 6) is 1.08. The highest BCUT2D eigenvalue weighted by Crippen LogP contribution is 2.52. The lowest BCUT2D eigenvalue weighted by Gasteiger charge is -2.44. The highest BCUT2D eigenvalue weighted by molar-refractivity contribution is 6.09. The van der Waals surface area contributed by atoms with Crippen molar-refractivity contribution in [3.8, 4) is 11.5 Å². The normalized spacial score (nSPS) is 21.1. The maximum Gasteiger partial charge on any atom is 0.337 e. The van der Waals surface area contributed by atoms with E-state index in [-0.39, 0.29) is 12.0 Å². The highest BCUT2D eigenvalue weighted by atomic mass is 16.6. The fraction of sp³-hybridized carbons (Fsp3) is 0.400. The Morgan fingerprint density at radius 3 is 2.53 bits per heavy atom. The molecular weight excluding hydrogens is 452 g/mol. The molecule has 1 saturated carbocycles. The molecule has 0 unspecified atom stereocenters. The Morgan fingerprint density at radius 1 is 0.972 bits per heavy atom. The number of methoxy groups -OCH3 is 2. The van der Waals surface area contributed by atoms with Crippen molar-refractivity contribution in [2.45, 2.75) is 63.0 Å². The minimum atomic E-state index is -0.433. The molecule has 1 aliphatic carbocycles. The van der Waals surface area contributed by atoms with Crippen LogP contribution in [0.3, 0.4) is 0 Å². The molecule has 3 aromatic rings. The van der Waals surface area contributed by atoms with Gasteiger partial charge in [0.25, 0.3) is 0 Å². The number of rotatable bonds is 3. The van der Waals surface area contributed by atoms with Crippen LogP contribution in [0.1, 0.15) is 68.5 Å². The molecule has 1 aromatic heterocycles. The van der Waals surface area contributed by atoms with Crippen LogP contribution in [0, 0.1) is 0 Å². The molecule has 1 fully saturated rings. The molecule has 2 aliphatic heterocycles. The molecule has 6 nitrogen and oxygen atoms in total. The average molecular weight is 485 g/mol. The van der Waals surface area contributed by atoms with Crippen LogP contribution < -0.4 is 14.8 Å². The lowest BCUT2D eigenvalue weighted by Crippen LogP contribution is -2.43. The van der Waals surface area contributed by atoms with E-state index in [1.165, 1.54) is 19.3 Å². The zero-order valence-electron chi connectivity index (χ0n) is 20.9. The molecule has 36 heavy (non-hydrogen) atoms. The van der Waals surface area contributed by atoms with E-state index >= 15 is 0 Å². The van der Waals surface area contributed by atoms with E-state index in [4.69, 9.17) is 14.2 Å². The van der Waals surface area contributed by atoms with Crippen LogP contribution in [-0.4, -0.2) is 30.8 Å². The number of anilines is 1. The van der Waals surface area contributed by atoms with Gasteiger partial charge in [-0.2, -0.15) is 0 Å². The summed E-state index contributed by atoms with van der Waals surface area (Å²) in [5, 5.41) is 4.72. The fourth-order valence-electron chi connectivity index (χ4n) is 6.28. The van der Waals surface area contributed by atoms with Crippen LogP contribution in [0.15, 0.2) is 54.2 Å². The van der Waals surface area contributed by atoms with E-state index in [1.54, 1.807) is 14.2 Å². The van der Waals surface area contributed by atoms with E-state index in [1.807, 2.05) is 36.5 Å². The number of carbonyl (C=O) groups is 1. The predicted molar refractivity (Wildman–Crippen MR) is 140 cm³/mol. The molecule has 0 saturated heterocycles. The number of nitrogens with zero attached hydrogens (tertiary/aromatic N) is 1. The summed E-state index contributed by atoms with van der Waals surface area (Å²) in [5.41, 5.74) is 5.33. The minimum Gasteiger partial charge on any atom is -0.493 e. The number of esters is 1. The average Bonchev–Trinajstić information content (AvgIpc) is 2.89. The van der Waals surface area contributed by atoms with Gasteiger partial charge in [0.1, 0.15) is 5.60 Å². The summed E-state index contributed by atoms with van der Waals surface area (Å²) in [6.45, 7) is 0. The maximum absolute atomic E-state index is 13.9. The molecule has 3 aliphatic rings. The molecule has 3 heterocycles. The molecule has 2 aromatic carbocycles. The van der Waals surface area contributed by atoms with Gasteiger partial charge in [-0.05, 0) is 67.2 Å². The Balaban J connectivity index is 1.54. The standard InChI is InChI=1S/C30H32N2O4/c1-34-24-13-10-19(17-25(24)35-2)28-27-21(18-30(36-29(27)33)14-6-4-3-5-7-15-30)26-20-9-8-16-31-22(20)11-12-23(26)32-28/h8-13,16-17,28,32H,3-7,14-15,18H2,1-2H3/t28-/m0/s1. The third-order valence-electron chi connectivity index (χ3n) is 8.03. The molecule has 1 atom stereocenters. The Bertz CT molecular complexity index is 1350. The topological polar surface area (TPSA) is 69.7 Å². The van der Waals surface area contributed by atoms with Gasteiger partial charge < -0.3 is 19.5 Å². The number of fused-ring (bicyclic) bond motifs is 4. The first-order valence-corrected chi connectivity index (χ1v) is 13.0. The Labute approximate surface area is 211 Å². The largest absolute Gasteiger partial charge is 0.493 e. The summed E-state index contributed by atoms with van der Waals surface area (Å²) >= 11 is 0. The van der Waals surface area contributed by atoms with Crippen molar-refractivity contribution in [1.82, 2.24) is 4.98 Å². The molecule has 186 valence electrons. The van der Waals surface area contributed by atoms with Crippen molar-refractivity contribution in [1.29, 1.82) is 0 Å². The van der Waals surface area contributed by atoms with E-state index < -0.39 is 5.60 Å². The van der Waals surface area contributed by atoms with Gasteiger partial charge in [-0.1, -0.05) is 31.4 Å². The van der Waals surface area contributed by atoms with Crippen LogP contribution in [0.4, 0.5) is 5.69 Å². The van der Waals surface area contributed by atoms with Crippen molar-refractivity contribution < 1.29 is 19.0 Å². The van der Waals surface area contributed by atoms with Gasteiger partial charge in [-0.15, -0.1) is 0 Å². The molecular formula is C30H32N2O4. The molecule has 0 radical (unpaired) electrons. The van der Waals surface area contributed by atoms with Crippen LogP contribution in [-0.2, 0) is 9.53 Å². The number of aromatic nitrogens is 1. The number of hydrogen-bond acceptors (Lipinski definition) is 6. The van der Waals surface area contributed by atoms with Gasteiger partial charge in [-0.25, -0.2) is 4.79 Å². The number of benzene rings is 2. The molecule has 6 heteroatoms. The van der Waals surface area contributed by atoms with E-state index in [0.29, 0.717) is 17.1 Å². The number of pyridine rings is 1. The quantitative estimate of drug-likeness (QED) is 0.422. The van der Waals surface area contributed by atoms with Gasteiger partial charge in [-0.3, -0.25) is 4.98 Å². The van der Waals surface area contributed by atoms with Gasteiger partial charge in [0.2, 0.25) is 0 Å². The van der Waals surface area contributed by atoms with E-state index in [2.05, 4.69) is 22.4 Å². The van der Waals surface area contributed by atoms with Crippen LogP contribution in [0.25, 0.3) is 16.5 Å². The molecule has 0 amide bonds. The zero-order valence-corrected chi connectivity index (χ0v) is 20.9. The van der Waals surface area contributed by atoms with Crippen molar-refractivity contribution >= 4 is 28.1 Å². The smallest absolute Gasteiger partial charge is 0.337 e. The van der Waals surface area contributed by atoms with Crippen LogP contribution in [0.2, 0.25) is 0 Å². The molecule has 6 rings (SSSR count). The summed E-state index contributed by atoms with van der Waals surface area (Å²) in [4.78, 5) is 18.5. The predicted octanol–water partition coefficient (Wildman–Crippen LogP) is 6.60. The van der Waals surface area contributed by atoms with Crippen LogP contribution in [0.5, 0.6) is 11.5 Å². The number of carbonyl (C=O) groups excluding carboxylic acids is 1. The second-order valence-electron chi connectivity index (χ2n) is 10.2. The molecule has 0 bridgehead atoms. The summed E-state index contributed by atoms with van der Waals surface area (Å²) < 4.78 is 17.4. The number of ether oxygens (including phenoxy) is 3. The van der Waals surface area contributed by atoms with Crippen molar-refractivity contribution in [3.05, 3.63) is 65.4 Å². The zero-order chi connectivity index (χ0) is 24.7.